The van der Waals surface area contributed by atoms with E-state index in [-0.39, 0.29) is 0 Å². The molecule has 1 aliphatic heterocycles. The number of aryl methyl sites for hydroxylation is 1. The van der Waals surface area contributed by atoms with Crippen LogP contribution in [0.4, 0.5) is 9.80 Å². The number of rotatable bonds is 6. The van der Waals surface area contributed by atoms with Gasteiger partial charge in [-0.3, -0.25) is 19.3 Å². The van der Waals surface area contributed by atoms with Crippen LogP contribution >= 0.6 is 11.3 Å². The number of urea groups is 1. The standard InChI is InChI=1S/C21H22N4O4S/c1-2-21(12-7-4-3-5-8-12)19(28)25(20(29)24-21)11-15(26)23-18-16(17(22)27)13-9-6-10-14(13)30-18/h3-5,7-8H,2,6,9-11H2,1H3,(H2,22,27)(H,23,26)(H,24,29). The molecule has 0 saturated carbocycles. The van der Waals surface area contributed by atoms with Crippen molar-refractivity contribution in [3.8, 4) is 0 Å². The van der Waals surface area contributed by atoms with Crippen molar-refractivity contribution in [2.24, 2.45) is 5.73 Å². The van der Waals surface area contributed by atoms with Crippen molar-refractivity contribution >= 4 is 40.1 Å². The summed E-state index contributed by atoms with van der Waals surface area (Å²) >= 11 is 1.33. The Morgan fingerprint density at radius 2 is 1.97 bits per heavy atom. The average molecular weight is 426 g/mol. The molecule has 1 aliphatic carbocycles. The van der Waals surface area contributed by atoms with Gasteiger partial charge in [-0.2, -0.15) is 0 Å². The van der Waals surface area contributed by atoms with E-state index in [4.69, 9.17) is 5.73 Å². The minimum atomic E-state index is -1.19. The SMILES string of the molecule is CCC1(c2ccccc2)NC(=O)N(CC(=O)Nc2sc3c(c2C(N)=O)CCC3)C1=O. The summed E-state index contributed by atoms with van der Waals surface area (Å²) in [6, 6.07) is 8.35. The van der Waals surface area contributed by atoms with E-state index in [0.29, 0.717) is 22.5 Å². The highest BCUT2D eigenvalue weighted by atomic mass is 32.1. The molecule has 0 bridgehead atoms. The van der Waals surface area contributed by atoms with Gasteiger partial charge in [0.25, 0.3) is 11.8 Å². The molecule has 4 N–H and O–H groups in total. The summed E-state index contributed by atoms with van der Waals surface area (Å²) in [4.78, 5) is 52.2. The summed E-state index contributed by atoms with van der Waals surface area (Å²) in [7, 11) is 0. The van der Waals surface area contributed by atoms with Crippen molar-refractivity contribution in [3.05, 3.63) is 51.9 Å². The Kier molecular flexibility index (Phi) is 5.07. The largest absolute Gasteiger partial charge is 0.365 e. The highest BCUT2D eigenvalue weighted by Gasteiger charge is 2.51. The number of imide groups is 1. The Labute approximate surface area is 177 Å². The summed E-state index contributed by atoms with van der Waals surface area (Å²) in [5.74, 6) is -1.62. The van der Waals surface area contributed by atoms with E-state index >= 15 is 0 Å². The van der Waals surface area contributed by atoms with Gasteiger partial charge in [-0.05, 0) is 36.8 Å². The highest BCUT2D eigenvalue weighted by molar-refractivity contribution is 7.17. The molecule has 1 saturated heterocycles. The van der Waals surface area contributed by atoms with Crippen LogP contribution in [0.2, 0.25) is 0 Å². The first-order chi connectivity index (χ1) is 14.4. The lowest BCUT2D eigenvalue weighted by atomic mass is 9.87. The lowest BCUT2D eigenvalue weighted by Crippen LogP contribution is -2.44. The molecule has 2 heterocycles. The molecular formula is C21H22N4O4S. The van der Waals surface area contributed by atoms with Crippen LogP contribution in [-0.4, -0.2) is 35.2 Å². The number of nitrogens with zero attached hydrogens (tertiary/aromatic N) is 1. The molecule has 1 aromatic heterocycles. The van der Waals surface area contributed by atoms with Crippen molar-refractivity contribution in [1.82, 2.24) is 10.2 Å². The number of primary amides is 1. The van der Waals surface area contributed by atoms with E-state index < -0.39 is 35.8 Å². The van der Waals surface area contributed by atoms with E-state index in [1.165, 1.54) is 11.3 Å². The predicted octanol–water partition coefficient (Wildman–Crippen LogP) is 2.13. The number of anilines is 1. The number of carbonyl (C=O) groups excluding carboxylic acids is 4. The maximum atomic E-state index is 13.1. The van der Waals surface area contributed by atoms with Gasteiger partial charge in [0.15, 0.2) is 0 Å². The molecule has 1 aromatic carbocycles. The molecule has 2 aliphatic rings. The van der Waals surface area contributed by atoms with Crippen molar-refractivity contribution in [2.75, 3.05) is 11.9 Å². The van der Waals surface area contributed by atoms with Gasteiger partial charge in [-0.15, -0.1) is 11.3 Å². The van der Waals surface area contributed by atoms with Gasteiger partial charge in [0.05, 0.1) is 5.56 Å². The summed E-state index contributed by atoms with van der Waals surface area (Å²) in [5, 5.41) is 5.81. The number of fused-ring (bicyclic) bond motifs is 1. The summed E-state index contributed by atoms with van der Waals surface area (Å²) in [6.45, 7) is 1.36. The minimum absolute atomic E-state index is 0.338. The summed E-state index contributed by atoms with van der Waals surface area (Å²) in [6.07, 6.45) is 2.90. The zero-order valence-corrected chi connectivity index (χ0v) is 17.3. The number of benzene rings is 1. The Balaban J connectivity index is 1.54. The van der Waals surface area contributed by atoms with Crippen LogP contribution in [0.15, 0.2) is 30.3 Å². The Morgan fingerprint density at radius 3 is 2.63 bits per heavy atom. The Bertz CT molecular complexity index is 1050. The normalized spacial score (nSPS) is 20.2. The van der Waals surface area contributed by atoms with Gasteiger partial charge in [-0.1, -0.05) is 37.3 Å². The number of hydrogen-bond donors (Lipinski definition) is 3. The number of nitrogens with two attached hydrogens (primary N) is 1. The molecule has 156 valence electrons. The predicted molar refractivity (Wildman–Crippen MR) is 112 cm³/mol. The molecule has 8 nitrogen and oxygen atoms in total. The molecule has 30 heavy (non-hydrogen) atoms. The van der Waals surface area contributed by atoms with Crippen LogP contribution in [-0.2, 0) is 28.0 Å². The van der Waals surface area contributed by atoms with Gasteiger partial charge >= 0.3 is 6.03 Å². The third-order valence-corrected chi connectivity index (χ3v) is 6.90. The van der Waals surface area contributed by atoms with Crippen LogP contribution in [0.3, 0.4) is 0 Å². The zero-order chi connectivity index (χ0) is 21.5. The summed E-state index contributed by atoms with van der Waals surface area (Å²) < 4.78 is 0. The molecule has 5 amide bonds. The second kappa shape index (κ2) is 7.56. The fourth-order valence-corrected chi connectivity index (χ4v) is 5.51. The molecule has 2 aromatic rings. The fourth-order valence-electron chi connectivity index (χ4n) is 4.19. The van der Waals surface area contributed by atoms with Gasteiger partial charge in [0.1, 0.15) is 17.1 Å². The number of carbonyl (C=O) groups is 4. The van der Waals surface area contributed by atoms with Crippen LogP contribution < -0.4 is 16.4 Å². The maximum absolute atomic E-state index is 13.1. The lowest BCUT2D eigenvalue weighted by Gasteiger charge is -2.25. The second-order valence-electron chi connectivity index (χ2n) is 7.42. The van der Waals surface area contributed by atoms with Crippen LogP contribution in [0.5, 0.6) is 0 Å². The quantitative estimate of drug-likeness (QED) is 0.613. The molecule has 9 heteroatoms. The van der Waals surface area contributed by atoms with E-state index in [9.17, 15) is 19.2 Å². The first-order valence-corrected chi connectivity index (χ1v) is 10.6. The molecule has 0 radical (unpaired) electrons. The Hall–Kier alpha value is -3.20. The lowest BCUT2D eigenvalue weighted by molar-refractivity contribution is -0.134. The van der Waals surface area contributed by atoms with Crippen LogP contribution in [0.25, 0.3) is 0 Å². The maximum Gasteiger partial charge on any atom is 0.325 e. The average Bonchev–Trinajstić information content (AvgIpc) is 3.36. The molecule has 1 unspecified atom stereocenters. The number of hydrogen-bond acceptors (Lipinski definition) is 5. The van der Waals surface area contributed by atoms with Crippen LogP contribution in [0, 0.1) is 0 Å². The van der Waals surface area contributed by atoms with E-state index in [0.717, 1.165) is 34.6 Å². The highest BCUT2D eigenvalue weighted by Crippen LogP contribution is 2.39. The first-order valence-electron chi connectivity index (χ1n) is 9.81. The number of nitrogens with one attached hydrogen (secondary N) is 2. The van der Waals surface area contributed by atoms with E-state index in [1.807, 2.05) is 6.07 Å². The van der Waals surface area contributed by atoms with Gasteiger partial charge in [0.2, 0.25) is 5.91 Å². The van der Waals surface area contributed by atoms with E-state index in [2.05, 4.69) is 10.6 Å². The topological polar surface area (TPSA) is 122 Å². The minimum Gasteiger partial charge on any atom is -0.365 e. The third-order valence-electron chi connectivity index (χ3n) is 5.70. The monoisotopic (exact) mass is 426 g/mol. The molecular weight excluding hydrogens is 404 g/mol. The zero-order valence-electron chi connectivity index (χ0n) is 16.5. The van der Waals surface area contributed by atoms with Crippen molar-refractivity contribution in [2.45, 2.75) is 38.1 Å². The fraction of sp³-hybridized carbons (Fsp3) is 0.333. The Morgan fingerprint density at radius 1 is 1.23 bits per heavy atom. The smallest absolute Gasteiger partial charge is 0.325 e. The molecule has 1 fully saturated rings. The number of thiophene rings is 1. The third kappa shape index (κ3) is 3.15. The van der Waals surface area contributed by atoms with E-state index in [1.54, 1.807) is 31.2 Å². The van der Waals surface area contributed by atoms with Gasteiger partial charge in [0, 0.05) is 4.88 Å². The van der Waals surface area contributed by atoms with Crippen molar-refractivity contribution in [3.63, 3.8) is 0 Å². The number of amides is 5. The summed E-state index contributed by atoms with van der Waals surface area (Å²) in [5.41, 5.74) is 6.23. The van der Waals surface area contributed by atoms with Crippen molar-refractivity contribution in [1.29, 1.82) is 0 Å². The second-order valence-corrected chi connectivity index (χ2v) is 8.53. The molecule has 0 spiro atoms. The van der Waals surface area contributed by atoms with Gasteiger partial charge < -0.3 is 16.4 Å². The van der Waals surface area contributed by atoms with Crippen molar-refractivity contribution < 1.29 is 19.2 Å². The molecule has 4 rings (SSSR count). The molecule has 1 atom stereocenters. The van der Waals surface area contributed by atoms with Gasteiger partial charge in [-0.25, -0.2) is 4.79 Å². The van der Waals surface area contributed by atoms with Crippen LogP contribution in [0.1, 0.15) is 46.1 Å². The first kappa shape index (κ1) is 20.1.